The predicted molar refractivity (Wildman–Crippen MR) is 65.0 cm³/mol. The van der Waals surface area contributed by atoms with Crippen molar-refractivity contribution in [3.05, 3.63) is 35.6 Å². The summed E-state index contributed by atoms with van der Waals surface area (Å²) in [4.78, 5) is 13.5. The second kappa shape index (κ2) is 4.77. The summed E-state index contributed by atoms with van der Waals surface area (Å²) in [7, 11) is 1.69. The summed E-state index contributed by atoms with van der Waals surface area (Å²) in [6.07, 6.45) is 1.92. The van der Waals surface area contributed by atoms with Gasteiger partial charge in [0.1, 0.15) is 11.2 Å². The molecule has 0 atom stereocenters. The van der Waals surface area contributed by atoms with Crippen molar-refractivity contribution in [2.24, 2.45) is 5.41 Å². The summed E-state index contributed by atoms with van der Waals surface area (Å²) in [6, 6.07) is 8.44. The van der Waals surface area contributed by atoms with E-state index in [0.29, 0.717) is 25.8 Å². The van der Waals surface area contributed by atoms with Gasteiger partial charge in [-0.1, -0.05) is 12.1 Å². The Morgan fingerprint density at radius 2 is 2.28 bits per heavy atom. The number of halogens is 1. The van der Waals surface area contributed by atoms with Crippen LogP contribution in [0.5, 0.6) is 0 Å². The van der Waals surface area contributed by atoms with Gasteiger partial charge in [-0.2, -0.15) is 5.26 Å². The van der Waals surface area contributed by atoms with Crippen LogP contribution in [0.25, 0.3) is 0 Å². The molecule has 4 heteroatoms. The molecule has 0 bridgehead atoms. The number of benzene rings is 1. The standard InChI is InChI=1S/C14H15FN2O/c1-17(13(18)14(10-16)6-7-14)8-5-11-3-2-4-12(15)9-11/h2-4,9H,5-8H2,1H3. The third-order valence-corrected chi connectivity index (χ3v) is 3.35. The number of carbonyl (C=O) groups is 1. The van der Waals surface area contributed by atoms with Crippen LogP contribution in [0.4, 0.5) is 4.39 Å². The molecule has 0 spiro atoms. The van der Waals surface area contributed by atoms with Crippen LogP contribution < -0.4 is 0 Å². The van der Waals surface area contributed by atoms with Gasteiger partial charge in [-0.05, 0) is 37.0 Å². The van der Waals surface area contributed by atoms with Gasteiger partial charge in [-0.3, -0.25) is 4.79 Å². The van der Waals surface area contributed by atoms with Gasteiger partial charge in [0.2, 0.25) is 5.91 Å². The lowest BCUT2D eigenvalue weighted by molar-refractivity contribution is -0.133. The number of carbonyl (C=O) groups excluding carboxylic acids is 1. The van der Waals surface area contributed by atoms with Crippen LogP contribution in [-0.4, -0.2) is 24.4 Å². The molecule has 1 aliphatic carbocycles. The normalized spacial score (nSPS) is 15.8. The van der Waals surface area contributed by atoms with Gasteiger partial charge in [0, 0.05) is 13.6 Å². The quantitative estimate of drug-likeness (QED) is 0.816. The molecule has 0 aliphatic heterocycles. The number of hydrogen-bond acceptors (Lipinski definition) is 2. The molecule has 0 unspecified atom stereocenters. The Hall–Kier alpha value is -1.89. The Kier molecular flexibility index (Phi) is 3.33. The maximum atomic E-state index is 13.0. The Bertz CT molecular complexity index is 503. The summed E-state index contributed by atoms with van der Waals surface area (Å²) in [5.41, 5.74) is 0.0907. The van der Waals surface area contributed by atoms with Gasteiger partial charge in [-0.15, -0.1) is 0 Å². The van der Waals surface area contributed by atoms with E-state index < -0.39 is 5.41 Å². The lowest BCUT2D eigenvalue weighted by Crippen LogP contribution is -2.34. The van der Waals surface area contributed by atoms with Crippen LogP contribution >= 0.6 is 0 Å². The van der Waals surface area contributed by atoms with Gasteiger partial charge >= 0.3 is 0 Å². The van der Waals surface area contributed by atoms with Gasteiger partial charge < -0.3 is 4.90 Å². The Morgan fingerprint density at radius 3 is 2.83 bits per heavy atom. The first kappa shape index (κ1) is 12.6. The molecule has 1 fully saturated rings. The second-order valence-corrected chi connectivity index (χ2v) is 4.80. The first-order valence-electron chi connectivity index (χ1n) is 5.99. The summed E-state index contributed by atoms with van der Waals surface area (Å²) in [5, 5.41) is 8.95. The van der Waals surface area contributed by atoms with E-state index in [2.05, 4.69) is 6.07 Å². The number of hydrogen-bond donors (Lipinski definition) is 0. The molecule has 1 aromatic carbocycles. The highest BCUT2D eigenvalue weighted by Crippen LogP contribution is 2.46. The average Bonchev–Trinajstić information content (AvgIpc) is 3.16. The van der Waals surface area contributed by atoms with Crippen molar-refractivity contribution in [1.29, 1.82) is 5.26 Å². The fourth-order valence-electron chi connectivity index (χ4n) is 1.95. The summed E-state index contributed by atoms with van der Waals surface area (Å²) >= 11 is 0. The molecule has 0 heterocycles. The van der Waals surface area contributed by atoms with Crippen LogP contribution in [0.3, 0.4) is 0 Å². The van der Waals surface area contributed by atoms with Crippen LogP contribution in [0.2, 0.25) is 0 Å². The van der Waals surface area contributed by atoms with E-state index >= 15 is 0 Å². The monoisotopic (exact) mass is 246 g/mol. The highest BCUT2D eigenvalue weighted by molar-refractivity contribution is 5.88. The molecular weight excluding hydrogens is 231 g/mol. The van der Waals surface area contributed by atoms with E-state index in [1.54, 1.807) is 18.0 Å². The molecule has 0 radical (unpaired) electrons. The highest BCUT2D eigenvalue weighted by atomic mass is 19.1. The van der Waals surface area contributed by atoms with E-state index in [0.717, 1.165) is 5.56 Å². The van der Waals surface area contributed by atoms with Crippen LogP contribution in [0, 0.1) is 22.6 Å². The van der Waals surface area contributed by atoms with E-state index in [1.807, 2.05) is 6.07 Å². The Labute approximate surface area is 106 Å². The average molecular weight is 246 g/mol. The van der Waals surface area contributed by atoms with Gasteiger partial charge in [0.05, 0.1) is 6.07 Å². The fourth-order valence-corrected chi connectivity index (χ4v) is 1.95. The van der Waals surface area contributed by atoms with Crippen molar-refractivity contribution in [3.8, 4) is 6.07 Å². The van der Waals surface area contributed by atoms with Crippen molar-refractivity contribution >= 4 is 5.91 Å². The Balaban J connectivity index is 1.91. The first-order valence-corrected chi connectivity index (χ1v) is 5.99. The van der Waals surface area contributed by atoms with Crippen LogP contribution in [0.15, 0.2) is 24.3 Å². The highest BCUT2D eigenvalue weighted by Gasteiger charge is 2.51. The molecule has 0 N–H and O–H groups in total. The van der Waals surface area contributed by atoms with E-state index in [4.69, 9.17) is 5.26 Å². The minimum absolute atomic E-state index is 0.110. The van der Waals surface area contributed by atoms with Crippen LogP contribution in [-0.2, 0) is 11.2 Å². The second-order valence-electron chi connectivity index (χ2n) is 4.80. The summed E-state index contributed by atoms with van der Waals surface area (Å²) in [6.45, 7) is 0.506. The SMILES string of the molecule is CN(CCc1cccc(F)c1)C(=O)C1(C#N)CC1. The topological polar surface area (TPSA) is 44.1 Å². The third-order valence-electron chi connectivity index (χ3n) is 3.35. The van der Waals surface area contributed by atoms with Gasteiger partial charge in [0.15, 0.2) is 0 Å². The van der Waals surface area contributed by atoms with E-state index in [9.17, 15) is 9.18 Å². The van der Waals surface area contributed by atoms with E-state index in [-0.39, 0.29) is 11.7 Å². The number of likely N-dealkylation sites (N-methyl/N-ethyl adjacent to an activating group) is 1. The molecule has 1 amide bonds. The van der Waals surface area contributed by atoms with Gasteiger partial charge in [-0.25, -0.2) is 4.39 Å². The largest absolute Gasteiger partial charge is 0.344 e. The lowest BCUT2D eigenvalue weighted by atomic mass is 10.1. The number of rotatable bonds is 4. The lowest BCUT2D eigenvalue weighted by Gasteiger charge is -2.19. The van der Waals surface area contributed by atoms with E-state index in [1.165, 1.54) is 12.1 Å². The van der Waals surface area contributed by atoms with Crippen LogP contribution in [0.1, 0.15) is 18.4 Å². The minimum atomic E-state index is -0.767. The molecule has 2 rings (SSSR count). The third kappa shape index (κ3) is 2.51. The smallest absolute Gasteiger partial charge is 0.242 e. The van der Waals surface area contributed by atoms with Crippen molar-refractivity contribution in [3.63, 3.8) is 0 Å². The summed E-state index contributed by atoms with van der Waals surface area (Å²) in [5.74, 6) is -0.376. The zero-order chi connectivity index (χ0) is 13.2. The molecule has 0 aromatic heterocycles. The maximum Gasteiger partial charge on any atom is 0.242 e. The number of amides is 1. The molecule has 18 heavy (non-hydrogen) atoms. The maximum absolute atomic E-state index is 13.0. The summed E-state index contributed by atoms with van der Waals surface area (Å²) < 4.78 is 13.0. The molecule has 94 valence electrons. The molecule has 1 saturated carbocycles. The van der Waals surface area contributed by atoms with Crippen molar-refractivity contribution < 1.29 is 9.18 Å². The Morgan fingerprint density at radius 1 is 1.56 bits per heavy atom. The minimum Gasteiger partial charge on any atom is -0.344 e. The molecule has 0 saturated heterocycles. The fraction of sp³-hybridized carbons (Fsp3) is 0.429. The number of nitriles is 1. The molecule has 1 aromatic rings. The van der Waals surface area contributed by atoms with Crippen molar-refractivity contribution in [2.45, 2.75) is 19.3 Å². The molecule has 1 aliphatic rings. The van der Waals surface area contributed by atoms with Gasteiger partial charge in [0.25, 0.3) is 0 Å². The first-order chi connectivity index (χ1) is 8.57. The van der Waals surface area contributed by atoms with Crippen molar-refractivity contribution in [1.82, 2.24) is 4.90 Å². The molecular formula is C14H15FN2O. The number of nitrogens with zero attached hydrogens (tertiary/aromatic N) is 2. The zero-order valence-corrected chi connectivity index (χ0v) is 10.3. The molecule has 3 nitrogen and oxygen atoms in total. The predicted octanol–water partition coefficient (Wildman–Crippen LogP) is 2.13. The van der Waals surface area contributed by atoms with Crippen molar-refractivity contribution in [2.75, 3.05) is 13.6 Å². The zero-order valence-electron chi connectivity index (χ0n) is 10.3.